The van der Waals surface area contributed by atoms with Gasteiger partial charge in [-0.1, -0.05) is 12.1 Å². The first-order valence-electron chi connectivity index (χ1n) is 10.6. The number of hydrogen-bond acceptors (Lipinski definition) is 5. The van der Waals surface area contributed by atoms with Crippen LogP contribution in [-0.2, 0) is 4.79 Å². The van der Waals surface area contributed by atoms with Crippen molar-refractivity contribution in [3.05, 3.63) is 71.7 Å². The van der Waals surface area contributed by atoms with Gasteiger partial charge >= 0.3 is 0 Å². The van der Waals surface area contributed by atoms with E-state index >= 15 is 0 Å². The van der Waals surface area contributed by atoms with Crippen molar-refractivity contribution in [2.45, 2.75) is 25.3 Å². The van der Waals surface area contributed by atoms with Crippen molar-refractivity contribution in [3.8, 4) is 6.07 Å². The summed E-state index contributed by atoms with van der Waals surface area (Å²) in [4.78, 5) is 34.4. The zero-order valence-corrected chi connectivity index (χ0v) is 18.3. The molecule has 172 valence electrons. The Labute approximate surface area is 194 Å². The van der Waals surface area contributed by atoms with Crippen LogP contribution in [0.25, 0.3) is 22.6 Å². The molecule has 2 amide bonds. The molecule has 1 saturated heterocycles. The Morgan fingerprint density at radius 1 is 1.24 bits per heavy atom. The van der Waals surface area contributed by atoms with Crippen molar-refractivity contribution in [1.29, 1.82) is 5.26 Å². The predicted molar refractivity (Wildman–Crippen MR) is 123 cm³/mol. The first kappa shape index (κ1) is 23.0. The van der Waals surface area contributed by atoms with Crippen LogP contribution in [0.1, 0.15) is 34.8 Å². The molecule has 0 saturated carbocycles. The molecule has 1 unspecified atom stereocenters. The number of nitriles is 1. The molecular formula is C25H21F2N5O2. The maximum Gasteiger partial charge on any atom is 0.268 e. The van der Waals surface area contributed by atoms with Crippen LogP contribution < -0.4 is 5.32 Å². The van der Waals surface area contributed by atoms with Crippen molar-refractivity contribution in [2.75, 3.05) is 13.1 Å². The SMILES string of the molecule is C/C(=C\c1ccncc1)c1ccc2nccc(C(=O)NCC(=O)N3CC(F)(F)CC3C#N)c2c1. The van der Waals surface area contributed by atoms with E-state index in [1.807, 2.05) is 37.3 Å². The van der Waals surface area contributed by atoms with Gasteiger partial charge in [-0.3, -0.25) is 19.6 Å². The topological polar surface area (TPSA) is 99.0 Å². The molecule has 1 aliphatic rings. The number of amides is 2. The number of hydrogen-bond donors (Lipinski definition) is 1. The molecule has 34 heavy (non-hydrogen) atoms. The first-order chi connectivity index (χ1) is 16.3. The van der Waals surface area contributed by atoms with Crippen LogP contribution in [0.4, 0.5) is 8.78 Å². The van der Waals surface area contributed by atoms with Crippen LogP contribution in [-0.4, -0.2) is 51.7 Å². The minimum Gasteiger partial charge on any atom is -0.343 e. The van der Waals surface area contributed by atoms with E-state index in [4.69, 9.17) is 5.26 Å². The van der Waals surface area contributed by atoms with Gasteiger partial charge in [0, 0.05) is 30.4 Å². The lowest BCUT2D eigenvalue weighted by molar-refractivity contribution is -0.131. The molecule has 1 atom stereocenters. The molecule has 0 aliphatic carbocycles. The van der Waals surface area contributed by atoms with Crippen LogP contribution in [0, 0.1) is 11.3 Å². The van der Waals surface area contributed by atoms with Gasteiger partial charge in [-0.25, -0.2) is 8.78 Å². The molecule has 4 rings (SSSR count). The van der Waals surface area contributed by atoms with Gasteiger partial charge < -0.3 is 10.2 Å². The van der Waals surface area contributed by atoms with Gasteiger partial charge in [-0.15, -0.1) is 0 Å². The van der Waals surface area contributed by atoms with Crippen molar-refractivity contribution in [2.24, 2.45) is 0 Å². The van der Waals surface area contributed by atoms with E-state index in [1.165, 1.54) is 12.3 Å². The quantitative estimate of drug-likeness (QED) is 0.625. The number of benzene rings is 1. The zero-order chi connectivity index (χ0) is 24.3. The summed E-state index contributed by atoms with van der Waals surface area (Å²) in [5.41, 5.74) is 3.75. The molecular weight excluding hydrogens is 440 g/mol. The molecule has 3 heterocycles. The third-order valence-electron chi connectivity index (χ3n) is 5.67. The van der Waals surface area contributed by atoms with Gasteiger partial charge in [0.15, 0.2) is 0 Å². The number of nitrogens with one attached hydrogen (secondary N) is 1. The molecule has 1 aromatic carbocycles. The van der Waals surface area contributed by atoms with E-state index in [9.17, 15) is 18.4 Å². The van der Waals surface area contributed by atoms with Crippen LogP contribution in [0.3, 0.4) is 0 Å². The van der Waals surface area contributed by atoms with E-state index in [-0.39, 0.29) is 0 Å². The summed E-state index contributed by atoms with van der Waals surface area (Å²) in [7, 11) is 0. The summed E-state index contributed by atoms with van der Waals surface area (Å²) in [5, 5.41) is 12.2. The van der Waals surface area contributed by atoms with Crippen molar-refractivity contribution in [3.63, 3.8) is 0 Å². The summed E-state index contributed by atoms with van der Waals surface area (Å²) in [5.74, 6) is -4.38. The maximum absolute atomic E-state index is 13.6. The number of halogens is 2. The van der Waals surface area contributed by atoms with Crippen LogP contribution >= 0.6 is 0 Å². The summed E-state index contributed by atoms with van der Waals surface area (Å²) in [6.07, 6.45) is 6.19. The lowest BCUT2D eigenvalue weighted by Crippen LogP contribution is -2.43. The maximum atomic E-state index is 13.6. The van der Waals surface area contributed by atoms with E-state index in [0.29, 0.717) is 16.5 Å². The highest BCUT2D eigenvalue weighted by Gasteiger charge is 2.47. The van der Waals surface area contributed by atoms with Crippen LogP contribution in [0.2, 0.25) is 0 Å². The summed E-state index contributed by atoms with van der Waals surface area (Å²) in [6.45, 7) is 0.635. The summed E-state index contributed by atoms with van der Waals surface area (Å²) >= 11 is 0. The fourth-order valence-electron chi connectivity index (χ4n) is 3.93. The average Bonchev–Trinajstić information content (AvgIpc) is 3.16. The van der Waals surface area contributed by atoms with Gasteiger partial charge in [-0.2, -0.15) is 5.26 Å². The number of rotatable bonds is 5. The third-order valence-corrected chi connectivity index (χ3v) is 5.67. The van der Waals surface area contributed by atoms with E-state index in [2.05, 4.69) is 15.3 Å². The minimum atomic E-state index is -3.11. The fourth-order valence-corrected chi connectivity index (χ4v) is 3.93. The molecule has 9 heteroatoms. The molecule has 0 bridgehead atoms. The van der Waals surface area contributed by atoms with Gasteiger partial charge in [0.05, 0.1) is 30.2 Å². The molecule has 1 fully saturated rings. The van der Waals surface area contributed by atoms with E-state index < -0.39 is 43.3 Å². The lowest BCUT2D eigenvalue weighted by atomic mass is 10.00. The number of carbonyl (C=O) groups is 2. The number of fused-ring (bicyclic) bond motifs is 1. The highest BCUT2D eigenvalue weighted by atomic mass is 19.3. The molecule has 7 nitrogen and oxygen atoms in total. The Bertz CT molecular complexity index is 1320. The van der Waals surface area contributed by atoms with E-state index in [1.54, 1.807) is 24.5 Å². The molecule has 2 aromatic heterocycles. The van der Waals surface area contributed by atoms with Crippen LogP contribution in [0.5, 0.6) is 0 Å². The Morgan fingerprint density at radius 2 is 2.00 bits per heavy atom. The van der Waals surface area contributed by atoms with Gasteiger partial charge in [-0.05, 0) is 54.0 Å². The molecule has 3 aromatic rings. The second-order valence-corrected chi connectivity index (χ2v) is 8.11. The van der Waals surface area contributed by atoms with Crippen molar-refractivity contribution in [1.82, 2.24) is 20.2 Å². The van der Waals surface area contributed by atoms with Gasteiger partial charge in [0.2, 0.25) is 5.91 Å². The molecule has 1 N–H and O–H groups in total. The highest BCUT2D eigenvalue weighted by Crippen LogP contribution is 2.31. The number of alkyl halides is 2. The fraction of sp³-hybridized carbons (Fsp3) is 0.240. The standard InChI is InChI=1S/C25H21F2N5O2/c1-16(10-17-4-7-29-8-5-17)18-2-3-22-21(11-18)20(6-9-30-22)24(34)31-14-23(33)32-15-25(26,27)12-19(32)13-28/h2-11,19H,12,14-15H2,1H3,(H,31,34)/b16-10+. The first-order valence-corrected chi connectivity index (χ1v) is 10.6. The lowest BCUT2D eigenvalue weighted by Gasteiger charge is -2.19. The number of allylic oxidation sites excluding steroid dienone is 1. The van der Waals surface area contributed by atoms with Gasteiger partial charge in [0.1, 0.15) is 6.04 Å². The Balaban J connectivity index is 1.54. The summed E-state index contributed by atoms with van der Waals surface area (Å²) < 4.78 is 27.2. The predicted octanol–water partition coefficient (Wildman–Crippen LogP) is 3.68. The highest BCUT2D eigenvalue weighted by molar-refractivity contribution is 6.07. The minimum absolute atomic E-state index is 0.306. The number of pyridine rings is 2. The summed E-state index contributed by atoms with van der Waals surface area (Å²) in [6, 6.07) is 11.4. The second-order valence-electron chi connectivity index (χ2n) is 8.11. The average molecular weight is 461 g/mol. The Hall–Kier alpha value is -4.19. The third kappa shape index (κ3) is 4.91. The molecule has 0 spiro atoms. The van der Waals surface area contributed by atoms with Gasteiger partial charge in [0.25, 0.3) is 11.8 Å². The number of likely N-dealkylation sites (tertiary alicyclic amines) is 1. The van der Waals surface area contributed by atoms with Crippen LogP contribution in [0.15, 0.2) is 55.0 Å². The van der Waals surface area contributed by atoms with Crippen molar-refractivity contribution < 1.29 is 18.4 Å². The second kappa shape index (κ2) is 9.35. The zero-order valence-electron chi connectivity index (χ0n) is 18.3. The van der Waals surface area contributed by atoms with Crippen molar-refractivity contribution >= 4 is 34.4 Å². The van der Waals surface area contributed by atoms with E-state index in [0.717, 1.165) is 21.6 Å². The molecule has 1 aliphatic heterocycles. The normalized spacial score (nSPS) is 17.4. The monoisotopic (exact) mass is 461 g/mol. The molecule has 0 radical (unpaired) electrons. The Morgan fingerprint density at radius 3 is 2.74 bits per heavy atom. The Kier molecular flexibility index (Phi) is 6.32. The number of carbonyl (C=O) groups excluding carboxylic acids is 2. The number of aromatic nitrogens is 2. The number of nitrogens with zero attached hydrogens (tertiary/aromatic N) is 4. The largest absolute Gasteiger partial charge is 0.343 e. The smallest absolute Gasteiger partial charge is 0.268 e.